The van der Waals surface area contributed by atoms with Crippen molar-refractivity contribution in [3.8, 4) is 0 Å². The highest BCUT2D eigenvalue weighted by atomic mass is 28.2. The van der Waals surface area contributed by atoms with Gasteiger partial charge in [0, 0.05) is 6.61 Å². The molecule has 1 unspecified atom stereocenters. The number of hydrogen-bond acceptors (Lipinski definition) is 1. The van der Waals surface area contributed by atoms with Crippen LogP contribution in [0.4, 0.5) is 0 Å². The summed E-state index contributed by atoms with van der Waals surface area (Å²) in [6.07, 6.45) is 5.32. The molecule has 0 heterocycles. The molecule has 0 amide bonds. The van der Waals surface area contributed by atoms with Gasteiger partial charge in [-0.3, -0.25) is 0 Å². The lowest BCUT2D eigenvalue weighted by Crippen LogP contribution is -2.06. The summed E-state index contributed by atoms with van der Waals surface area (Å²) in [6.45, 7) is 5.50. The van der Waals surface area contributed by atoms with Crippen LogP contribution in [0.25, 0.3) is 0 Å². The molecule has 0 spiro atoms. The maximum atomic E-state index is 5.23. The van der Waals surface area contributed by atoms with Crippen LogP contribution in [-0.2, 0) is 4.43 Å². The second-order valence-electron chi connectivity index (χ2n) is 2.87. The van der Waals surface area contributed by atoms with Gasteiger partial charge in [-0.25, -0.2) is 0 Å². The van der Waals surface area contributed by atoms with Gasteiger partial charge in [0.05, 0.1) is 0 Å². The minimum atomic E-state index is 0. The van der Waals surface area contributed by atoms with Gasteiger partial charge in [0.15, 0.2) is 0 Å². The van der Waals surface area contributed by atoms with Gasteiger partial charge in [0.25, 0.3) is 0 Å². The molecular weight excluding hydrogens is 168 g/mol. The van der Waals surface area contributed by atoms with E-state index in [1.54, 1.807) is 0 Å². The minimum absolute atomic E-state index is 0. The van der Waals surface area contributed by atoms with Gasteiger partial charge >= 0.3 is 0 Å². The first kappa shape index (κ1) is 13.9. The van der Waals surface area contributed by atoms with E-state index < -0.39 is 0 Å². The molecule has 0 aromatic heterocycles. The van der Waals surface area contributed by atoms with E-state index in [4.69, 9.17) is 4.43 Å². The largest absolute Gasteiger partial charge is 0.428 e. The van der Waals surface area contributed by atoms with E-state index in [2.05, 4.69) is 13.8 Å². The smallest absolute Gasteiger partial charge is 0.145 e. The van der Waals surface area contributed by atoms with E-state index in [1.807, 2.05) is 0 Å². The Labute approximate surface area is 78.5 Å². The van der Waals surface area contributed by atoms with E-state index in [1.165, 1.54) is 25.7 Å². The fourth-order valence-electron chi connectivity index (χ4n) is 1.13. The highest BCUT2D eigenvalue weighted by Crippen LogP contribution is 2.11. The van der Waals surface area contributed by atoms with E-state index in [0.717, 1.165) is 23.0 Å². The highest BCUT2D eigenvalue weighted by molar-refractivity contribution is 5.97. The summed E-state index contributed by atoms with van der Waals surface area (Å²) in [4.78, 5) is 0. The van der Waals surface area contributed by atoms with E-state index in [9.17, 15) is 0 Å². The van der Waals surface area contributed by atoms with Gasteiger partial charge < -0.3 is 4.43 Å². The van der Waals surface area contributed by atoms with Crippen LogP contribution in [-0.4, -0.2) is 28.1 Å². The quantitative estimate of drug-likeness (QED) is 0.541. The van der Waals surface area contributed by atoms with Gasteiger partial charge in [-0.2, -0.15) is 0 Å². The van der Waals surface area contributed by atoms with Crippen molar-refractivity contribution in [3.63, 3.8) is 0 Å². The summed E-state index contributed by atoms with van der Waals surface area (Å²) < 4.78 is 5.23. The van der Waals surface area contributed by atoms with Crippen molar-refractivity contribution in [2.45, 2.75) is 39.5 Å². The third-order valence-electron chi connectivity index (χ3n) is 1.95. The summed E-state index contributed by atoms with van der Waals surface area (Å²) in [5.74, 6) is 0.831. The molecule has 0 aromatic carbocycles. The summed E-state index contributed by atoms with van der Waals surface area (Å²) in [5, 5.41) is 0. The van der Waals surface area contributed by atoms with Crippen LogP contribution >= 0.6 is 0 Å². The fourth-order valence-corrected chi connectivity index (χ4v) is 1.61. The molecular formula is C8H24OSi2. The summed E-state index contributed by atoms with van der Waals surface area (Å²) in [7, 11) is 0.900. The summed E-state index contributed by atoms with van der Waals surface area (Å²) in [6, 6.07) is 0. The van der Waals surface area contributed by atoms with Crippen LogP contribution in [0.3, 0.4) is 0 Å². The van der Waals surface area contributed by atoms with Crippen molar-refractivity contribution in [3.05, 3.63) is 0 Å². The van der Waals surface area contributed by atoms with Gasteiger partial charge in [0.2, 0.25) is 0 Å². The first-order valence-corrected chi connectivity index (χ1v) is 5.15. The van der Waals surface area contributed by atoms with Crippen molar-refractivity contribution in [1.82, 2.24) is 0 Å². The maximum absolute atomic E-state index is 5.23. The van der Waals surface area contributed by atoms with Crippen molar-refractivity contribution in [1.29, 1.82) is 0 Å². The molecule has 0 saturated carbocycles. The molecule has 0 saturated heterocycles. The van der Waals surface area contributed by atoms with Gasteiger partial charge in [-0.1, -0.05) is 33.1 Å². The van der Waals surface area contributed by atoms with Gasteiger partial charge in [0.1, 0.15) is 10.5 Å². The molecule has 0 N–H and O–H groups in total. The summed E-state index contributed by atoms with van der Waals surface area (Å²) in [5.41, 5.74) is 0. The Kier molecular flexibility index (Phi) is 13.2. The average Bonchev–Trinajstić information content (AvgIpc) is 1.98. The lowest BCUT2D eigenvalue weighted by molar-refractivity contribution is 0.251. The molecule has 0 rings (SSSR count). The topological polar surface area (TPSA) is 9.23 Å². The molecule has 0 bridgehead atoms. The Morgan fingerprint density at radius 2 is 2.00 bits per heavy atom. The molecule has 0 aliphatic carbocycles. The minimum Gasteiger partial charge on any atom is -0.428 e. The predicted molar refractivity (Wildman–Crippen MR) is 60.5 cm³/mol. The highest BCUT2D eigenvalue weighted by Gasteiger charge is 2.02. The van der Waals surface area contributed by atoms with Gasteiger partial charge in [-0.05, 0) is 23.3 Å². The van der Waals surface area contributed by atoms with Crippen LogP contribution in [0.1, 0.15) is 39.5 Å². The molecule has 3 heteroatoms. The van der Waals surface area contributed by atoms with Crippen molar-refractivity contribution < 1.29 is 4.43 Å². The summed E-state index contributed by atoms with van der Waals surface area (Å²) >= 11 is 0. The zero-order chi connectivity index (χ0) is 7.82. The Hall–Kier alpha value is 0.394. The van der Waals surface area contributed by atoms with Crippen LogP contribution in [0, 0.1) is 5.92 Å². The van der Waals surface area contributed by atoms with Crippen molar-refractivity contribution in [2.75, 3.05) is 6.61 Å². The van der Waals surface area contributed by atoms with Gasteiger partial charge in [-0.15, -0.1) is 0 Å². The Morgan fingerprint density at radius 3 is 2.36 bits per heavy atom. The Morgan fingerprint density at radius 1 is 1.36 bits per heavy atom. The molecule has 0 aliphatic heterocycles. The molecule has 0 fully saturated rings. The maximum Gasteiger partial charge on any atom is 0.145 e. The van der Waals surface area contributed by atoms with Crippen LogP contribution in [0.2, 0.25) is 0 Å². The van der Waals surface area contributed by atoms with E-state index in [-0.39, 0.29) is 11.0 Å². The molecule has 11 heavy (non-hydrogen) atoms. The second kappa shape index (κ2) is 10.4. The Balaban J connectivity index is 0. The predicted octanol–water partition coefficient (Wildman–Crippen LogP) is 0.0482. The monoisotopic (exact) mass is 192 g/mol. The molecule has 70 valence electrons. The number of rotatable bonds is 6. The zero-order valence-electron chi connectivity index (χ0n) is 7.52. The average molecular weight is 192 g/mol. The molecule has 0 radical (unpaired) electrons. The SMILES string of the molecule is CCCCC(CC)CO[SiH3].[SiH4]. The number of unbranched alkanes of at least 4 members (excludes halogenated alkanes) is 1. The molecule has 1 atom stereocenters. The van der Waals surface area contributed by atoms with Crippen LogP contribution < -0.4 is 0 Å². The standard InChI is InChI=1S/C8H20OSi.H4Si/c1-3-5-6-8(4-2)7-9-10;/h8H,3-7H2,1-2,10H3;1H4. The zero-order valence-corrected chi connectivity index (χ0v) is 9.52. The third kappa shape index (κ3) is 8.30. The van der Waals surface area contributed by atoms with Crippen LogP contribution in [0.15, 0.2) is 0 Å². The molecule has 1 nitrogen and oxygen atoms in total. The molecule has 0 aromatic rings. The first-order valence-electron chi connectivity index (χ1n) is 4.34. The Bertz CT molecular complexity index is 69.1. The first-order chi connectivity index (χ1) is 4.85. The van der Waals surface area contributed by atoms with E-state index >= 15 is 0 Å². The van der Waals surface area contributed by atoms with Crippen molar-refractivity contribution >= 4 is 21.5 Å². The normalized spacial score (nSPS) is 12.5. The number of hydrogen-bond donors (Lipinski definition) is 0. The lowest BCUT2D eigenvalue weighted by atomic mass is 10.0. The van der Waals surface area contributed by atoms with E-state index in [0.29, 0.717) is 0 Å². The lowest BCUT2D eigenvalue weighted by Gasteiger charge is -2.12. The fraction of sp³-hybridized carbons (Fsp3) is 1.00. The third-order valence-corrected chi connectivity index (χ3v) is 2.28. The molecule has 0 aliphatic rings. The van der Waals surface area contributed by atoms with Crippen molar-refractivity contribution in [2.24, 2.45) is 5.92 Å². The second-order valence-corrected chi connectivity index (χ2v) is 3.45. The van der Waals surface area contributed by atoms with Crippen LogP contribution in [0.5, 0.6) is 0 Å².